The summed E-state index contributed by atoms with van der Waals surface area (Å²) in [5.41, 5.74) is -0.214. The summed E-state index contributed by atoms with van der Waals surface area (Å²) in [5, 5.41) is 3.58. The van der Waals surface area contributed by atoms with E-state index in [1.807, 2.05) is 0 Å². The zero-order chi connectivity index (χ0) is 14.3. The third-order valence-electron chi connectivity index (χ3n) is 3.59. The van der Waals surface area contributed by atoms with Crippen LogP contribution in [0.1, 0.15) is 23.6 Å². The van der Waals surface area contributed by atoms with Gasteiger partial charge in [0.2, 0.25) is 0 Å². The van der Waals surface area contributed by atoms with Crippen LogP contribution in [-0.2, 0) is 6.18 Å². The predicted molar refractivity (Wildman–Crippen MR) is 66.9 cm³/mol. The third kappa shape index (κ3) is 2.35. The van der Waals surface area contributed by atoms with Gasteiger partial charge in [-0.15, -0.1) is 0 Å². The monoisotopic (exact) mass is 284 g/mol. The van der Waals surface area contributed by atoms with Crippen LogP contribution in [0, 0.1) is 5.82 Å². The Morgan fingerprint density at radius 3 is 2.65 bits per heavy atom. The standard InChI is InChI=1S/C14H12F4N2/c15-9-1-2-12-11(5-9)10(8-3-4-19-7-8)6-13(20-12)14(16,17)18/h1-2,5-6,8,19H,3-4,7H2. The molecule has 2 aromatic rings. The molecule has 3 rings (SSSR count). The van der Waals surface area contributed by atoms with E-state index in [0.717, 1.165) is 25.1 Å². The summed E-state index contributed by atoms with van der Waals surface area (Å²) in [4.78, 5) is 3.61. The van der Waals surface area contributed by atoms with Gasteiger partial charge >= 0.3 is 6.18 Å². The Kier molecular flexibility index (Phi) is 3.12. The zero-order valence-electron chi connectivity index (χ0n) is 10.5. The lowest BCUT2D eigenvalue weighted by molar-refractivity contribution is -0.141. The van der Waals surface area contributed by atoms with Gasteiger partial charge in [-0.1, -0.05) is 0 Å². The smallest absolute Gasteiger partial charge is 0.316 e. The molecule has 6 heteroatoms. The second-order valence-corrected chi connectivity index (χ2v) is 4.95. The van der Waals surface area contributed by atoms with Crippen molar-refractivity contribution in [3.8, 4) is 0 Å². The Hall–Kier alpha value is -1.69. The molecule has 0 saturated carbocycles. The molecule has 0 bridgehead atoms. The normalized spacial score (nSPS) is 19.7. The van der Waals surface area contributed by atoms with Crippen molar-refractivity contribution in [3.63, 3.8) is 0 Å². The molecule has 1 fully saturated rings. The lowest BCUT2D eigenvalue weighted by Gasteiger charge is -2.15. The minimum atomic E-state index is -4.50. The number of rotatable bonds is 1. The number of alkyl halides is 3. The number of nitrogens with one attached hydrogen (secondary N) is 1. The van der Waals surface area contributed by atoms with Crippen molar-refractivity contribution in [2.24, 2.45) is 0 Å². The van der Waals surface area contributed by atoms with Crippen LogP contribution < -0.4 is 5.32 Å². The minimum Gasteiger partial charge on any atom is -0.316 e. The van der Waals surface area contributed by atoms with Gasteiger partial charge in [0, 0.05) is 11.9 Å². The number of benzene rings is 1. The molecule has 1 saturated heterocycles. The Balaban J connectivity index is 2.24. The van der Waals surface area contributed by atoms with E-state index in [9.17, 15) is 17.6 Å². The first kappa shape index (κ1) is 13.3. The van der Waals surface area contributed by atoms with Gasteiger partial charge < -0.3 is 5.32 Å². The molecule has 1 unspecified atom stereocenters. The number of hydrogen-bond acceptors (Lipinski definition) is 2. The molecular weight excluding hydrogens is 272 g/mol. The number of fused-ring (bicyclic) bond motifs is 1. The maximum Gasteiger partial charge on any atom is 0.433 e. The van der Waals surface area contributed by atoms with Gasteiger partial charge in [0.05, 0.1) is 5.52 Å². The van der Waals surface area contributed by atoms with Gasteiger partial charge in [-0.2, -0.15) is 13.2 Å². The van der Waals surface area contributed by atoms with E-state index in [4.69, 9.17) is 0 Å². The van der Waals surface area contributed by atoms with Crippen molar-refractivity contribution in [1.82, 2.24) is 10.3 Å². The molecule has 0 aliphatic carbocycles. The fraction of sp³-hybridized carbons (Fsp3) is 0.357. The van der Waals surface area contributed by atoms with Crippen LogP contribution in [-0.4, -0.2) is 18.1 Å². The topological polar surface area (TPSA) is 24.9 Å². The molecule has 1 atom stereocenters. The van der Waals surface area contributed by atoms with Gasteiger partial charge in [0.1, 0.15) is 11.5 Å². The molecule has 2 heterocycles. The highest BCUT2D eigenvalue weighted by molar-refractivity contribution is 5.83. The zero-order valence-corrected chi connectivity index (χ0v) is 10.5. The molecule has 1 aromatic heterocycles. The maximum absolute atomic E-state index is 13.4. The fourth-order valence-corrected chi connectivity index (χ4v) is 2.63. The summed E-state index contributed by atoms with van der Waals surface area (Å²) in [6.45, 7) is 1.36. The van der Waals surface area contributed by atoms with E-state index in [1.165, 1.54) is 12.1 Å². The number of nitrogens with zero attached hydrogens (tertiary/aromatic N) is 1. The highest BCUT2D eigenvalue weighted by atomic mass is 19.4. The Morgan fingerprint density at radius 2 is 2.00 bits per heavy atom. The Bertz CT molecular complexity index is 645. The van der Waals surface area contributed by atoms with Crippen LogP contribution in [0.2, 0.25) is 0 Å². The summed E-state index contributed by atoms with van der Waals surface area (Å²) >= 11 is 0. The van der Waals surface area contributed by atoms with Crippen molar-refractivity contribution in [2.75, 3.05) is 13.1 Å². The summed E-state index contributed by atoms with van der Waals surface area (Å²) in [6, 6.07) is 4.74. The molecule has 0 spiro atoms. The summed E-state index contributed by atoms with van der Waals surface area (Å²) in [7, 11) is 0. The molecular formula is C14H12F4N2. The van der Waals surface area contributed by atoms with Gasteiger partial charge in [-0.05, 0) is 48.7 Å². The SMILES string of the molecule is Fc1ccc2nc(C(F)(F)F)cc(C3CCNC3)c2c1. The minimum absolute atomic E-state index is 0.0385. The molecule has 0 amide bonds. The summed E-state index contributed by atoms with van der Waals surface area (Å²) in [5.74, 6) is -0.505. The van der Waals surface area contributed by atoms with Crippen molar-refractivity contribution in [3.05, 3.63) is 41.3 Å². The van der Waals surface area contributed by atoms with Crippen LogP contribution in [0.3, 0.4) is 0 Å². The van der Waals surface area contributed by atoms with Crippen LogP contribution in [0.25, 0.3) is 10.9 Å². The number of hydrogen-bond donors (Lipinski definition) is 1. The number of pyridine rings is 1. The van der Waals surface area contributed by atoms with E-state index in [2.05, 4.69) is 10.3 Å². The first-order valence-corrected chi connectivity index (χ1v) is 6.33. The lowest BCUT2D eigenvalue weighted by atomic mass is 9.94. The van der Waals surface area contributed by atoms with Gasteiger partial charge in [-0.25, -0.2) is 9.37 Å². The second-order valence-electron chi connectivity index (χ2n) is 4.95. The van der Waals surface area contributed by atoms with Crippen LogP contribution in [0.4, 0.5) is 17.6 Å². The quantitative estimate of drug-likeness (QED) is 0.811. The Labute approximate surface area is 112 Å². The van der Waals surface area contributed by atoms with Crippen molar-refractivity contribution in [2.45, 2.75) is 18.5 Å². The average molecular weight is 284 g/mol. The van der Waals surface area contributed by atoms with Gasteiger partial charge in [0.25, 0.3) is 0 Å². The van der Waals surface area contributed by atoms with Crippen molar-refractivity contribution in [1.29, 1.82) is 0 Å². The fourth-order valence-electron chi connectivity index (χ4n) is 2.63. The van der Waals surface area contributed by atoms with Gasteiger partial charge in [0.15, 0.2) is 0 Å². The van der Waals surface area contributed by atoms with E-state index < -0.39 is 17.7 Å². The maximum atomic E-state index is 13.4. The Morgan fingerprint density at radius 1 is 1.20 bits per heavy atom. The third-order valence-corrected chi connectivity index (χ3v) is 3.59. The van der Waals surface area contributed by atoms with Gasteiger partial charge in [-0.3, -0.25) is 0 Å². The highest BCUT2D eigenvalue weighted by Crippen LogP contribution is 2.35. The van der Waals surface area contributed by atoms with E-state index in [-0.39, 0.29) is 11.4 Å². The molecule has 1 aromatic carbocycles. The van der Waals surface area contributed by atoms with Crippen LogP contribution >= 0.6 is 0 Å². The average Bonchev–Trinajstić information content (AvgIpc) is 2.90. The summed E-state index contributed by atoms with van der Waals surface area (Å²) in [6.07, 6.45) is -3.75. The molecule has 1 N–H and O–H groups in total. The largest absolute Gasteiger partial charge is 0.433 e. The second kappa shape index (κ2) is 4.70. The van der Waals surface area contributed by atoms with E-state index >= 15 is 0 Å². The van der Waals surface area contributed by atoms with Crippen LogP contribution in [0.5, 0.6) is 0 Å². The first-order chi connectivity index (χ1) is 9.45. The van der Waals surface area contributed by atoms with Crippen molar-refractivity contribution < 1.29 is 17.6 Å². The predicted octanol–water partition coefficient (Wildman–Crippen LogP) is 3.47. The van der Waals surface area contributed by atoms with E-state index in [1.54, 1.807) is 0 Å². The molecule has 20 heavy (non-hydrogen) atoms. The molecule has 106 valence electrons. The summed E-state index contributed by atoms with van der Waals surface area (Å²) < 4.78 is 52.1. The van der Waals surface area contributed by atoms with Crippen molar-refractivity contribution >= 4 is 10.9 Å². The van der Waals surface area contributed by atoms with Crippen LogP contribution in [0.15, 0.2) is 24.3 Å². The lowest BCUT2D eigenvalue weighted by Crippen LogP contribution is -2.12. The molecule has 0 radical (unpaired) electrons. The molecule has 1 aliphatic rings. The molecule has 1 aliphatic heterocycles. The highest BCUT2D eigenvalue weighted by Gasteiger charge is 2.34. The number of halogens is 4. The number of aromatic nitrogens is 1. The first-order valence-electron chi connectivity index (χ1n) is 6.33. The molecule has 2 nitrogen and oxygen atoms in total. The van der Waals surface area contributed by atoms with E-state index in [0.29, 0.717) is 17.5 Å².